The van der Waals surface area contributed by atoms with E-state index in [0.717, 1.165) is 31.9 Å². The molecule has 0 aliphatic carbocycles. The highest BCUT2D eigenvalue weighted by molar-refractivity contribution is 6.30. The maximum atomic E-state index is 11.2. The van der Waals surface area contributed by atoms with Gasteiger partial charge in [0, 0.05) is 43.9 Å². The molecule has 0 bridgehead atoms. The summed E-state index contributed by atoms with van der Waals surface area (Å²) in [6.07, 6.45) is 1.37. The van der Waals surface area contributed by atoms with Gasteiger partial charge in [-0.3, -0.25) is 10.1 Å². The zero-order chi connectivity index (χ0) is 18.0. The van der Waals surface area contributed by atoms with Crippen molar-refractivity contribution < 1.29 is 4.92 Å². The first-order valence-electron chi connectivity index (χ1n) is 7.92. The van der Waals surface area contributed by atoms with Crippen LogP contribution < -0.4 is 10.2 Å². The number of likely N-dealkylation sites (N-methyl/N-ethyl adjacent to an activating group) is 1. The van der Waals surface area contributed by atoms with Crippen molar-refractivity contribution in [3.8, 4) is 0 Å². The number of benzene rings is 1. The highest BCUT2D eigenvalue weighted by Gasteiger charge is 2.20. The van der Waals surface area contributed by atoms with E-state index in [4.69, 9.17) is 11.6 Å². The second kappa shape index (κ2) is 7.20. The molecular formula is C16H19ClN6O2. The normalized spacial score (nSPS) is 15.2. The van der Waals surface area contributed by atoms with E-state index in [1.807, 2.05) is 0 Å². The average Bonchev–Trinajstić information content (AvgIpc) is 2.60. The van der Waals surface area contributed by atoms with Gasteiger partial charge in [-0.2, -0.15) is 0 Å². The van der Waals surface area contributed by atoms with Gasteiger partial charge >= 0.3 is 0 Å². The van der Waals surface area contributed by atoms with E-state index in [1.165, 1.54) is 18.5 Å². The zero-order valence-electron chi connectivity index (χ0n) is 14.1. The minimum absolute atomic E-state index is 0.0261. The first-order valence-corrected chi connectivity index (χ1v) is 8.29. The average molecular weight is 363 g/mol. The fourth-order valence-electron chi connectivity index (χ4n) is 2.74. The van der Waals surface area contributed by atoms with Crippen LogP contribution in [-0.2, 0) is 0 Å². The number of non-ortho nitro benzene ring substituents is 1. The van der Waals surface area contributed by atoms with Crippen molar-refractivity contribution >= 4 is 34.5 Å². The molecule has 132 valence electrons. The maximum Gasteiger partial charge on any atom is 0.271 e. The van der Waals surface area contributed by atoms with Crippen molar-refractivity contribution in [1.82, 2.24) is 14.9 Å². The minimum atomic E-state index is -0.404. The van der Waals surface area contributed by atoms with Gasteiger partial charge in [-0.15, -0.1) is 0 Å². The standard InChI is InChI=1S/C16H19ClN6O2/c1-11-15(17)18-10-19-16(11)20-13-9-12(23(24)25)3-4-14(13)22-7-5-21(2)6-8-22/h3-4,9-10H,5-8H2,1-2H3,(H,18,19,20). The van der Waals surface area contributed by atoms with Crippen LogP contribution in [0.4, 0.5) is 22.9 Å². The Morgan fingerprint density at radius 1 is 1.24 bits per heavy atom. The summed E-state index contributed by atoms with van der Waals surface area (Å²) in [6.45, 7) is 5.39. The van der Waals surface area contributed by atoms with Crippen LogP contribution in [0.2, 0.25) is 5.15 Å². The first kappa shape index (κ1) is 17.4. The molecule has 1 aromatic heterocycles. The summed E-state index contributed by atoms with van der Waals surface area (Å²) in [5, 5.41) is 14.7. The van der Waals surface area contributed by atoms with Gasteiger partial charge in [0.25, 0.3) is 5.69 Å². The van der Waals surface area contributed by atoms with Crippen molar-refractivity contribution in [1.29, 1.82) is 0 Å². The first-order chi connectivity index (χ1) is 12.0. The predicted molar refractivity (Wildman–Crippen MR) is 97.9 cm³/mol. The SMILES string of the molecule is Cc1c(Cl)ncnc1Nc1cc([N+](=O)[O-])ccc1N1CCN(C)CC1. The molecule has 1 aliphatic heterocycles. The van der Waals surface area contributed by atoms with Crippen LogP contribution in [0.25, 0.3) is 0 Å². The van der Waals surface area contributed by atoms with Crippen LogP contribution in [0.1, 0.15) is 5.56 Å². The Morgan fingerprint density at radius 3 is 2.64 bits per heavy atom. The van der Waals surface area contributed by atoms with Crippen molar-refractivity contribution in [3.63, 3.8) is 0 Å². The number of piperazine rings is 1. The van der Waals surface area contributed by atoms with Crippen molar-refractivity contribution in [2.45, 2.75) is 6.92 Å². The molecule has 0 unspecified atom stereocenters. The number of hydrogen-bond donors (Lipinski definition) is 1. The van der Waals surface area contributed by atoms with E-state index in [-0.39, 0.29) is 5.69 Å². The summed E-state index contributed by atoms with van der Waals surface area (Å²) in [5.41, 5.74) is 2.27. The number of nitrogens with one attached hydrogen (secondary N) is 1. The monoisotopic (exact) mass is 362 g/mol. The number of nitrogens with zero attached hydrogens (tertiary/aromatic N) is 5. The lowest BCUT2D eigenvalue weighted by Crippen LogP contribution is -2.44. The zero-order valence-corrected chi connectivity index (χ0v) is 14.8. The Hall–Kier alpha value is -2.45. The minimum Gasteiger partial charge on any atom is -0.367 e. The summed E-state index contributed by atoms with van der Waals surface area (Å²) < 4.78 is 0. The fourth-order valence-corrected chi connectivity index (χ4v) is 2.88. The molecule has 0 amide bonds. The van der Waals surface area contributed by atoms with E-state index in [1.54, 1.807) is 13.0 Å². The molecule has 1 fully saturated rings. The second-order valence-corrected chi connectivity index (χ2v) is 6.37. The van der Waals surface area contributed by atoms with Crippen LogP contribution in [-0.4, -0.2) is 53.0 Å². The van der Waals surface area contributed by atoms with E-state index < -0.39 is 4.92 Å². The summed E-state index contributed by atoms with van der Waals surface area (Å²) in [4.78, 5) is 23.4. The molecule has 1 aromatic carbocycles. The molecule has 3 rings (SSSR count). The summed E-state index contributed by atoms with van der Waals surface area (Å²) in [7, 11) is 2.08. The molecule has 1 saturated heterocycles. The van der Waals surface area contributed by atoms with E-state index in [2.05, 4.69) is 32.1 Å². The molecule has 2 heterocycles. The molecular weight excluding hydrogens is 344 g/mol. The Kier molecular flexibility index (Phi) is 5.00. The van der Waals surface area contributed by atoms with Gasteiger partial charge in [-0.25, -0.2) is 9.97 Å². The number of halogens is 1. The third kappa shape index (κ3) is 3.80. The van der Waals surface area contributed by atoms with Crippen molar-refractivity contribution in [2.24, 2.45) is 0 Å². The van der Waals surface area contributed by atoms with Gasteiger partial charge in [0.05, 0.1) is 16.3 Å². The van der Waals surface area contributed by atoms with Gasteiger partial charge < -0.3 is 15.1 Å². The van der Waals surface area contributed by atoms with Crippen LogP contribution in [0.15, 0.2) is 24.5 Å². The van der Waals surface area contributed by atoms with Gasteiger partial charge in [-0.1, -0.05) is 11.6 Å². The van der Waals surface area contributed by atoms with Gasteiger partial charge in [-0.05, 0) is 20.0 Å². The molecule has 25 heavy (non-hydrogen) atoms. The molecule has 8 nitrogen and oxygen atoms in total. The Labute approximate surface area is 150 Å². The number of aromatic nitrogens is 2. The smallest absolute Gasteiger partial charge is 0.271 e. The van der Waals surface area contributed by atoms with Crippen molar-refractivity contribution in [2.75, 3.05) is 43.4 Å². The number of nitro groups is 1. The molecule has 1 N–H and O–H groups in total. The topological polar surface area (TPSA) is 87.4 Å². The van der Waals surface area contributed by atoms with E-state index in [0.29, 0.717) is 22.2 Å². The van der Waals surface area contributed by atoms with Crippen LogP contribution in [0, 0.1) is 17.0 Å². The number of nitro benzene ring substituents is 1. The summed E-state index contributed by atoms with van der Waals surface area (Å²) in [6, 6.07) is 4.84. The lowest BCUT2D eigenvalue weighted by atomic mass is 10.2. The fraction of sp³-hybridized carbons (Fsp3) is 0.375. The van der Waals surface area contributed by atoms with E-state index >= 15 is 0 Å². The van der Waals surface area contributed by atoms with Crippen LogP contribution in [0.5, 0.6) is 0 Å². The maximum absolute atomic E-state index is 11.2. The highest BCUT2D eigenvalue weighted by atomic mass is 35.5. The largest absolute Gasteiger partial charge is 0.367 e. The quantitative estimate of drug-likeness (QED) is 0.508. The molecule has 0 spiro atoms. The number of rotatable bonds is 4. The third-order valence-corrected chi connectivity index (χ3v) is 4.69. The van der Waals surface area contributed by atoms with E-state index in [9.17, 15) is 10.1 Å². The second-order valence-electron chi connectivity index (χ2n) is 6.01. The lowest BCUT2D eigenvalue weighted by molar-refractivity contribution is -0.384. The molecule has 0 saturated carbocycles. The molecule has 2 aromatic rings. The van der Waals surface area contributed by atoms with Crippen molar-refractivity contribution in [3.05, 3.63) is 45.4 Å². The number of hydrogen-bond acceptors (Lipinski definition) is 7. The predicted octanol–water partition coefficient (Wildman–Crippen LogP) is 2.84. The Balaban J connectivity index is 1.98. The lowest BCUT2D eigenvalue weighted by Gasteiger charge is -2.35. The van der Waals surface area contributed by atoms with Gasteiger partial charge in [0.15, 0.2) is 0 Å². The molecule has 1 aliphatic rings. The number of anilines is 3. The summed E-state index contributed by atoms with van der Waals surface area (Å²) in [5.74, 6) is 0.538. The highest BCUT2D eigenvalue weighted by Crippen LogP contribution is 2.34. The third-order valence-electron chi connectivity index (χ3n) is 4.31. The summed E-state index contributed by atoms with van der Waals surface area (Å²) >= 11 is 6.05. The van der Waals surface area contributed by atoms with Crippen LogP contribution in [0.3, 0.4) is 0 Å². The Bertz CT molecular complexity index is 792. The van der Waals surface area contributed by atoms with Gasteiger partial charge in [0.1, 0.15) is 17.3 Å². The Morgan fingerprint density at radius 2 is 1.96 bits per heavy atom. The molecule has 9 heteroatoms. The molecule has 0 radical (unpaired) electrons. The molecule has 0 atom stereocenters. The van der Waals surface area contributed by atoms with Gasteiger partial charge in [0.2, 0.25) is 0 Å². The van der Waals surface area contributed by atoms with Crippen LogP contribution >= 0.6 is 11.6 Å².